The van der Waals surface area contributed by atoms with Gasteiger partial charge in [-0.15, -0.1) is 0 Å². The lowest BCUT2D eigenvalue weighted by molar-refractivity contribution is 0.737. The van der Waals surface area contributed by atoms with E-state index in [2.05, 4.69) is 87.5 Å². The number of fused-ring (bicyclic) bond motifs is 3. The minimum absolute atomic E-state index is 0.361. The second-order valence-electron chi connectivity index (χ2n) is 12.9. The zero-order valence-electron chi connectivity index (χ0n) is 28.6. The highest BCUT2D eigenvalue weighted by atomic mass is 15.4. The summed E-state index contributed by atoms with van der Waals surface area (Å²) in [6.45, 7) is 0. The van der Waals surface area contributed by atoms with Crippen LogP contribution in [0.25, 0.3) is 73.3 Å². The highest BCUT2D eigenvalue weighted by Crippen LogP contribution is 2.39. The Hall–Kier alpha value is -7.09. The van der Waals surface area contributed by atoms with E-state index in [1.165, 1.54) is 0 Å². The number of para-hydroxylation sites is 2. The molecule has 0 spiro atoms. The van der Waals surface area contributed by atoms with E-state index in [4.69, 9.17) is 15.4 Å². The summed E-state index contributed by atoms with van der Waals surface area (Å²) in [4.78, 5) is 19.2. The summed E-state index contributed by atoms with van der Waals surface area (Å²) in [5.74, 6) is 0. The van der Waals surface area contributed by atoms with Gasteiger partial charge in [0.1, 0.15) is 0 Å². The highest BCUT2D eigenvalue weighted by molar-refractivity contribution is 6.08. The average Bonchev–Trinajstić information content (AvgIpc) is 3.24. The summed E-state index contributed by atoms with van der Waals surface area (Å²) in [6, 6.07) is 50.9. The molecule has 3 N–H and O–H groups in total. The maximum Gasteiger partial charge on any atom is 0.0937 e. The number of hydrazine groups is 1. The number of nitrogens with zero attached hydrogens (tertiary/aromatic N) is 4. The van der Waals surface area contributed by atoms with Crippen molar-refractivity contribution >= 4 is 28.4 Å². The lowest BCUT2D eigenvalue weighted by Crippen LogP contribution is -2.34. The summed E-state index contributed by atoms with van der Waals surface area (Å²) < 4.78 is 0. The van der Waals surface area contributed by atoms with Crippen molar-refractivity contribution in [1.29, 1.82) is 5.41 Å². The number of hydrogen-bond donors (Lipinski definition) is 3. The van der Waals surface area contributed by atoms with Crippen LogP contribution in [-0.2, 0) is 0 Å². The molecule has 0 fully saturated rings. The Kier molecular flexibility index (Phi) is 8.36. The Labute approximate surface area is 307 Å². The topological polar surface area (TPSA) is 99.5 Å². The molecule has 53 heavy (non-hydrogen) atoms. The Bertz CT molecular complexity index is 2550. The standard InChI is InChI=1S/C46H33N7/c47-38-25-24-37-44(46(38)53-52-35-10-2-1-3-11-35)36-12-4-5-13-39(36)51-45(37)33-22-20-31(21-23-33)30-16-18-32(19-17-30)34-28-42(40-14-6-8-26-48-40)50-43(29-34)41-15-7-9-27-49-41/h1-29,46-47,52-53H. The highest BCUT2D eigenvalue weighted by Gasteiger charge is 2.27. The molecule has 4 aromatic heterocycles. The Balaban J connectivity index is 1.04. The monoisotopic (exact) mass is 683 g/mol. The largest absolute Gasteiger partial charge is 0.321 e. The minimum atomic E-state index is -0.361. The van der Waals surface area contributed by atoms with Crippen LogP contribution in [-0.4, -0.2) is 25.6 Å². The quantitative estimate of drug-likeness (QED) is 0.138. The number of hydrogen-bond acceptors (Lipinski definition) is 7. The van der Waals surface area contributed by atoms with E-state index < -0.39 is 0 Å². The summed E-state index contributed by atoms with van der Waals surface area (Å²) in [5, 5.41) is 9.89. The smallest absolute Gasteiger partial charge is 0.0937 e. The molecule has 0 saturated heterocycles. The lowest BCUT2D eigenvalue weighted by atomic mass is 9.86. The van der Waals surface area contributed by atoms with Crippen LogP contribution in [0.3, 0.4) is 0 Å². The van der Waals surface area contributed by atoms with E-state index in [-0.39, 0.29) is 6.04 Å². The van der Waals surface area contributed by atoms with E-state index in [0.717, 1.165) is 84.0 Å². The Morgan fingerprint density at radius 3 is 1.68 bits per heavy atom. The zero-order chi connectivity index (χ0) is 35.6. The van der Waals surface area contributed by atoms with E-state index >= 15 is 0 Å². The van der Waals surface area contributed by atoms with Gasteiger partial charge in [-0.3, -0.25) is 9.97 Å². The van der Waals surface area contributed by atoms with Crippen molar-refractivity contribution in [1.82, 2.24) is 25.4 Å². The second-order valence-corrected chi connectivity index (χ2v) is 12.9. The van der Waals surface area contributed by atoms with Crippen LogP contribution < -0.4 is 10.9 Å². The molecule has 0 bridgehead atoms. The van der Waals surface area contributed by atoms with Crippen molar-refractivity contribution in [2.45, 2.75) is 6.04 Å². The predicted molar refractivity (Wildman–Crippen MR) is 215 cm³/mol. The molecule has 7 nitrogen and oxygen atoms in total. The van der Waals surface area contributed by atoms with Gasteiger partial charge in [-0.25, -0.2) is 15.4 Å². The van der Waals surface area contributed by atoms with E-state index in [0.29, 0.717) is 5.71 Å². The fourth-order valence-corrected chi connectivity index (χ4v) is 6.87. The molecule has 9 rings (SSSR count). The Morgan fingerprint density at radius 1 is 0.491 bits per heavy atom. The summed E-state index contributed by atoms with van der Waals surface area (Å²) in [5.41, 5.74) is 20.6. The van der Waals surface area contributed by atoms with Crippen LogP contribution in [0.5, 0.6) is 0 Å². The molecule has 0 amide bonds. The fraction of sp³-hybridized carbons (Fsp3) is 0.0217. The van der Waals surface area contributed by atoms with Gasteiger partial charge in [-0.1, -0.05) is 103 Å². The van der Waals surface area contributed by atoms with Crippen molar-refractivity contribution in [3.63, 3.8) is 0 Å². The normalized spacial score (nSPS) is 13.5. The molecule has 0 aliphatic heterocycles. The third kappa shape index (κ3) is 6.37. The van der Waals surface area contributed by atoms with Crippen molar-refractivity contribution in [2.24, 2.45) is 0 Å². The van der Waals surface area contributed by atoms with Crippen LogP contribution in [0, 0.1) is 5.41 Å². The number of nitrogens with one attached hydrogen (secondary N) is 3. The number of aromatic nitrogens is 4. The van der Waals surface area contributed by atoms with Gasteiger partial charge in [-0.05, 0) is 88.5 Å². The van der Waals surface area contributed by atoms with Crippen LogP contribution in [0.4, 0.5) is 5.69 Å². The Morgan fingerprint density at radius 2 is 1.06 bits per heavy atom. The van der Waals surface area contributed by atoms with Crippen molar-refractivity contribution in [3.8, 4) is 56.3 Å². The first kappa shape index (κ1) is 31.9. The van der Waals surface area contributed by atoms with E-state index in [1.807, 2.05) is 97.1 Å². The zero-order valence-corrected chi connectivity index (χ0v) is 28.6. The van der Waals surface area contributed by atoms with E-state index in [1.54, 1.807) is 12.4 Å². The predicted octanol–water partition coefficient (Wildman–Crippen LogP) is 10.5. The number of pyridine rings is 4. The summed E-state index contributed by atoms with van der Waals surface area (Å²) in [6.07, 6.45) is 7.47. The van der Waals surface area contributed by atoms with Crippen LogP contribution >= 0.6 is 0 Å². The van der Waals surface area contributed by atoms with Gasteiger partial charge in [-0.2, -0.15) is 0 Å². The first-order valence-corrected chi connectivity index (χ1v) is 17.5. The molecule has 7 heteroatoms. The van der Waals surface area contributed by atoms with Crippen LogP contribution in [0.1, 0.15) is 17.2 Å². The lowest BCUT2D eigenvalue weighted by Gasteiger charge is -2.27. The van der Waals surface area contributed by atoms with Gasteiger partial charge in [0.05, 0.1) is 45.7 Å². The van der Waals surface area contributed by atoms with Gasteiger partial charge in [0, 0.05) is 34.6 Å². The first-order chi connectivity index (χ1) is 26.2. The summed E-state index contributed by atoms with van der Waals surface area (Å²) in [7, 11) is 0. The number of anilines is 1. The molecule has 4 aromatic carbocycles. The van der Waals surface area contributed by atoms with Crippen LogP contribution in [0.15, 0.2) is 170 Å². The molecule has 0 radical (unpaired) electrons. The number of benzene rings is 4. The fourth-order valence-electron chi connectivity index (χ4n) is 6.87. The summed E-state index contributed by atoms with van der Waals surface area (Å²) >= 11 is 0. The first-order valence-electron chi connectivity index (χ1n) is 17.5. The van der Waals surface area contributed by atoms with Gasteiger partial charge in [0.15, 0.2) is 0 Å². The molecule has 1 unspecified atom stereocenters. The van der Waals surface area contributed by atoms with Crippen molar-refractivity contribution < 1.29 is 0 Å². The van der Waals surface area contributed by atoms with Crippen molar-refractivity contribution in [3.05, 3.63) is 181 Å². The van der Waals surface area contributed by atoms with Gasteiger partial charge >= 0.3 is 0 Å². The number of rotatable bonds is 8. The second kappa shape index (κ2) is 13.9. The SMILES string of the molecule is N=C1C=Cc2c(-c3ccc(-c4ccc(-c5cc(-c6ccccn6)nc(-c6ccccn6)c5)cc4)cc3)nc3ccccc3c2C1NNc1ccccc1. The van der Waals surface area contributed by atoms with Crippen molar-refractivity contribution in [2.75, 3.05) is 5.43 Å². The minimum Gasteiger partial charge on any atom is -0.321 e. The molecule has 1 aliphatic carbocycles. The third-order valence-electron chi connectivity index (χ3n) is 9.53. The molecule has 252 valence electrons. The molecule has 0 saturated carbocycles. The third-order valence-corrected chi connectivity index (χ3v) is 9.53. The molecular formula is C46H33N7. The van der Waals surface area contributed by atoms with Gasteiger partial charge < -0.3 is 10.8 Å². The molecule has 8 aromatic rings. The van der Waals surface area contributed by atoms with Gasteiger partial charge in [0.2, 0.25) is 0 Å². The molecule has 4 heterocycles. The van der Waals surface area contributed by atoms with Gasteiger partial charge in [0.25, 0.3) is 0 Å². The average molecular weight is 684 g/mol. The molecule has 1 atom stereocenters. The molecule has 1 aliphatic rings. The molecular weight excluding hydrogens is 651 g/mol. The maximum atomic E-state index is 8.87. The maximum absolute atomic E-state index is 8.87. The van der Waals surface area contributed by atoms with Crippen LogP contribution in [0.2, 0.25) is 0 Å². The van der Waals surface area contributed by atoms with E-state index in [9.17, 15) is 0 Å².